The molecule has 1 atom stereocenters. The quantitative estimate of drug-likeness (QED) is 0.892. The van der Waals surface area contributed by atoms with E-state index in [1.54, 1.807) is 6.20 Å². The molecule has 3 aliphatic rings. The molecule has 5 rings (SSSR count). The number of amides is 1. The van der Waals surface area contributed by atoms with Gasteiger partial charge in [0.25, 0.3) is 0 Å². The maximum Gasteiger partial charge on any atom is 0.408 e. The van der Waals surface area contributed by atoms with Crippen molar-refractivity contribution in [3.63, 3.8) is 0 Å². The second-order valence-electron chi connectivity index (χ2n) is 7.58. The molecule has 0 aliphatic carbocycles. The zero-order valence-electron chi connectivity index (χ0n) is 15.1. The molecule has 0 radical (unpaired) electrons. The number of piperidine rings is 3. The lowest BCUT2D eigenvalue weighted by Gasteiger charge is -2.44. The highest BCUT2D eigenvalue weighted by Gasteiger charge is 2.37. The van der Waals surface area contributed by atoms with E-state index in [1.807, 2.05) is 37.4 Å². The number of nitrogens with zero attached hydrogens (tertiary/aromatic N) is 3. The molecule has 3 fully saturated rings. The van der Waals surface area contributed by atoms with Crippen molar-refractivity contribution in [2.45, 2.75) is 38.3 Å². The highest BCUT2D eigenvalue weighted by atomic mass is 32.1. The van der Waals surface area contributed by atoms with Gasteiger partial charge in [-0.25, -0.2) is 9.78 Å². The number of nitrogens with one attached hydrogen (secondary N) is 1. The van der Waals surface area contributed by atoms with Crippen molar-refractivity contribution >= 4 is 17.4 Å². The summed E-state index contributed by atoms with van der Waals surface area (Å²) in [7, 11) is 0. The fourth-order valence-corrected chi connectivity index (χ4v) is 4.66. The van der Waals surface area contributed by atoms with Gasteiger partial charge in [-0.2, -0.15) is 0 Å². The van der Waals surface area contributed by atoms with Gasteiger partial charge >= 0.3 is 6.09 Å². The molecule has 3 aliphatic heterocycles. The van der Waals surface area contributed by atoms with Crippen LogP contribution in [0.15, 0.2) is 29.8 Å². The molecular weight excluding hydrogens is 348 g/mol. The third-order valence-corrected chi connectivity index (χ3v) is 6.16. The fourth-order valence-electron chi connectivity index (χ4n) is 3.70. The van der Waals surface area contributed by atoms with Gasteiger partial charge in [-0.05, 0) is 57.8 Å². The SMILES string of the molecule is CC(C)(NC(=O)O[C@@H]1CN2CCC1CC2)c1csc(-c2ccccn2)n1. The highest BCUT2D eigenvalue weighted by Crippen LogP contribution is 2.31. The highest BCUT2D eigenvalue weighted by molar-refractivity contribution is 7.13. The van der Waals surface area contributed by atoms with Crippen LogP contribution < -0.4 is 5.32 Å². The van der Waals surface area contributed by atoms with Crippen LogP contribution in [0.1, 0.15) is 32.4 Å². The Bertz CT molecular complexity index is 769. The normalized spacial score (nSPS) is 25.1. The van der Waals surface area contributed by atoms with E-state index in [2.05, 4.69) is 20.2 Å². The van der Waals surface area contributed by atoms with Crippen molar-refractivity contribution in [1.29, 1.82) is 0 Å². The van der Waals surface area contributed by atoms with E-state index < -0.39 is 5.54 Å². The summed E-state index contributed by atoms with van der Waals surface area (Å²) < 4.78 is 5.75. The molecule has 26 heavy (non-hydrogen) atoms. The van der Waals surface area contributed by atoms with Gasteiger partial charge in [-0.3, -0.25) is 9.88 Å². The topological polar surface area (TPSA) is 67.3 Å². The van der Waals surface area contributed by atoms with Crippen molar-refractivity contribution in [3.8, 4) is 10.7 Å². The standard InChI is InChI=1S/C19H24N4O2S/c1-19(2,16-12-26-17(21-16)14-5-3-4-8-20-14)22-18(24)25-15-11-23-9-6-13(15)7-10-23/h3-5,8,12-13,15H,6-7,9-11H2,1-2H3,(H,22,24)/t15-/m1/s1. The van der Waals surface area contributed by atoms with Crippen LogP contribution in [0.5, 0.6) is 0 Å². The van der Waals surface area contributed by atoms with Crippen molar-refractivity contribution < 1.29 is 9.53 Å². The van der Waals surface area contributed by atoms with Crippen molar-refractivity contribution in [3.05, 3.63) is 35.5 Å². The van der Waals surface area contributed by atoms with Crippen molar-refractivity contribution in [2.24, 2.45) is 5.92 Å². The number of thiazole rings is 1. The number of pyridine rings is 1. The molecule has 6 nitrogen and oxygen atoms in total. The largest absolute Gasteiger partial charge is 0.445 e. The Balaban J connectivity index is 1.40. The first-order valence-electron chi connectivity index (χ1n) is 9.10. The number of rotatable bonds is 4. The maximum atomic E-state index is 12.5. The number of fused-ring (bicyclic) bond motifs is 3. The minimum Gasteiger partial charge on any atom is -0.445 e. The summed E-state index contributed by atoms with van der Waals surface area (Å²) >= 11 is 1.53. The monoisotopic (exact) mass is 372 g/mol. The lowest BCUT2D eigenvalue weighted by Crippen LogP contribution is -2.53. The molecule has 2 aromatic rings. The average Bonchev–Trinajstić information content (AvgIpc) is 3.14. The number of carbonyl (C=O) groups excluding carboxylic acids is 1. The van der Waals surface area contributed by atoms with Crippen LogP contribution in [0, 0.1) is 5.92 Å². The van der Waals surface area contributed by atoms with E-state index in [0.29, 0.717) is 5.92 Å². The Morgan fingerprint density at radius 3 is 2.81 bits per heavy atom. The fraction of sp³-hybridized carbons (Fsp3) is 0.526. The number of aromatic nitrogens is 2. The summed E-state index contributed by atoms with van der Waals surface area (Å²) in [4.78, 5) is 23.8. The van der Waals surface area contributed by atoms with Crippen LogP contribution in [-0.4, -0.2) is 46.7 Å². The predicted molar refractivity (Wildman–Crippen MR) is 101 cm³/mol. The van der Waals surface area contributed by atoms with Crippen LogP contribution in [0.25, 0.3) is 10.7 Å². The summed E-state index contributed by atoms with van der Waals surface area (Å²) in [6.07, 6.45) is 3.65. The third kappa shape index (κ3) is 3.59. The Morgan fingerprint density at radius 2 is 2.15 bits per heavy atom. The lowest BCUT2D eigenvalue weighted by molar-refractivity contribution is -0.0350. The maximum absolute atomic E-state index is 12.5. The predicted octanol–water partition coefficient (Wildman–Crippen LogP) is 3.26. The molecule has 138 valence electrons. The van der Waals surface area contributed by atoms with Gasteiger partial charge < -0.3 is 10.1 Å². The van der Waals surface area contributed by atoms with Gasteiger partial charge in [0.05, 0.1) is 16.9 Å². The van der Waals surface area contributed by atoms with E-state index in [-0.39, 0.29) is 12.2 Å². The molecule has 2 aromatic heterocycles. The molecule has 7 heteroatoms. The van der Waals surface area contributed by atoms with Gasteiger partial charge in [-0.1, -0.05) is 6.07 Å². The smallest absolute Gasteiger partial charge is 0.408 e. The summed E-state index contributed by atoms with van der Waals surface area (Å²) in [6, 6.07) is 5.76. The average molecular weight is 372 g/mol. The van der Waals surface area contributed by atoms with Crippen LogP contribution >= 0.6 is 11.3 Å². The lowest BCUT2D eigenvalue weighted by atomic mass is 9.86. The molecule has 3 saturated heterocycles. The Kier molecular flexibility index (Phi) is 4.67. The minimum atomic E-state index is -0.603. The summed E-state index contributed by atoms with van der Waals surface area (Å²) in [5.74, 6) is 0.504. The van der Waals surface area contributed by atoms with E-state index in [0.717, 1.165) is 48.9 Å². The molecule has 0 unspecified atom stereocenters. The van der Waals surface area contributed by atoms with Crippen LogP contribution in [-0.2, 0) is 10.3 Å². The third-order valence-electron chi connectivity index (χ3n) is 5.30. The van der Waals surface area contributed by atoms with Crippen molar-refractivity contribution in [2.75, 3.05) is 19.6 Å². The molecule has 1 amide bonds. The molecule has 0 spiro atoms. The first kappa shape index (κ1) is 17.4. The van der Waals surface area contributed by atoms with Crippen LogP contribution in [0.3, 0.4) is 0 Å². The molecule has 5 heterocycles. The van der Waals surface area contributed by atoms with Crippen molar-refractivity contribution in [1.82, 2.24) is 20.2 Å². The number of hydrogen-bond donors (Lipinski definition) is 1. The first-order chi connectivity index (χ1) is 12.5. The Morgan fingerprint density at radius 1 is 1.35 bits per heavy atom. The number of alkyl carbamates (subject to hydrolysis) is 1. The molecule has 1 N–H and O–H groups in total. The molecular formula is C19H24N4O2S. The van der Waals surface area contributed by atoms with E-state index in [1.165, 1.54) is 11.3 Å². The Labute approximate surface area is 157 Å². The van der Waals surface area contributed by atoms with E-state index in [4.69, 9.17) is 4.74 Å². The zero-order chi connectivity index (χ0) is 18.1. The second kappa shape index (κ2) is 6.96. The minimum absolute atomic E-state index is 0.00723. The van der Waals surface area contributed by atoms with Gasteiger partial charge in [0.15, 0.2) is 0 Å². The molecule has 0 saturated carbocycles. The van der Waals surface area contributed by atoms with Crippen LogP contribution in [0.4, 0.5) is 4.79 Å². The Hall–Kier alpha value is -1.99. The summed E-state index contributed by atoms with van der Waals surface area (Å²) in [5, 5.41) is 5.81. The van der Waals surface area contributed by atoms with Gasteiger partial charge in [0.1, 0.15) is 11.1 Å². The van der Waals surface area contributed by atoms with Gasteiger partial charge in [0, 0.05) is 18.1 Å². The first-order valence-corrected chi connectivity index (χ1v) is 9.98. The number of ether oxygens (including phenoxy) is 1. The van der Waals surface area contributed by atoms with Gasteiger partial charge in [-0.15, -0.1) is 11.3 Å². The number of hydrogen-bond acceptors (Lipinski definition) is 6. The van der Waals surface area contributed by atoms with E-state index in [9.17, 15) is 4.79 Å². The van der Waals surface area contributed by atoms with Gasteiger partial charge in [0.2, 0.25) is 0 Å². The molecule has 2 bridgehead atoms. The molecule has 0 aromatic carbocycles. The number of carbonyl (C=O) groups is 1. The summed E-state index contributed by atoms with van der Waals surface area (Å²) in [5.41, 5.74) is 1.05. The summed E-state index contributed by atoms with van der Waals surface area (Å²) in [6.45, 7) is 7.02. The van der Waals surface area contributed by atoms with Crippen LogP contribution in [0.2, 0.25) is 0 Å². The second-order valence-corrected chi connectivity index (χ2v) is 8.44. The van der Waals surface area contributed by atoms with E-state index >= 15 is 0 Å². The zero-order valence-corrected chi connectivity index (χ0v) is 16.0.